The zero-order valence-corrected chi connectivity index (χ0v) is 12.6. The van der Waals surface area contributed by atoms with E-state index in [1.807, 2.05) is 4.72 Å². The van der Waals surface area contributed by atoms with E-state index >= 15 is 0 Å². The van der Waals surface area contributed by atoms with Crippen LogP contribution in [0.3, 0.4) is 0 Å². The van der Waals surface area contributed by atoms with Crippen LogP contribution in [0.4, 0.5) is 13.6 Å². The van der Waals surface area contributed by atoms with Crippen LogP contribution in [-0.2, 0) is 14.8 Å². The van der Waals surface area contributed by atoms with Crippen LogP contribution in [0.2, 0.25) is 0 Å². The average molecular weight is 351 g/mol. The van der Waals surface area contributed by atoms with Gasteiger partial charge in [-0.15, -0.1) is 0 Å². The van der Waals surface area contributed by atoms with Gasteiger partial charge in [-0.2, -0.15) is 0 Å². The maximum absolute atomic E-state index is 13.4. The van der Waals surface area contributed by atoms with Crippen molar-refractivity contribution in [2.45, 2.75) is 11.3 Å². The third kappa shape index (κ3) is 6.57. The monoisotopic (exact) mass is 351 g/mol. The SMILES string of the molecule is O=C(O)CCNC(=O)NCCNS(=O)(=O)c1ccc(F)cc1F. The number of nitrogens with one attached hydrogen (secondary N) is 3. The second-order valence-corrected chi connectivity index (χ2v) is 6.03. The number of carbonyl (C=O) groups excluding carboxylic acids is 1. The fourth-order valence-corrected chi connectivity index (χ4v) is 2.57. The van der Waals surface area contributed by atoms with Crippen LogP contribution in [0, 0.1) is 11.6 Å². The summed E-state index contributed by atoms with van der Waals surface area (Å²) in [6.07, 6.45) is -0.246. The Hall–Kier alpha value is -2.27. The lowest BCUT2D eigenvalue weighted by molar-refractivity contribution is -0.136. The predicted octanol–water partition coefficient (Wildman–Crippen LogP) is 0.0170. The van der Waals surface area contributed by atoms with Gasteiger partial charge in [0.2, 0.25) is 10.0 Å². The molecule has 1 rings (SSSR count). The summed E-state index contributed by atoms with van der Waals surface area (Å²) in [6.45, 7) is -0.417. The zero-order valence-electron chi connectivity index (χ0n) is 11.8. The van der Waals surface area contributed by atoms with Gasteiger partial charge in [-0.1, -0.05) is 0 Å². The van der Waals surface area contributed by atoms with Gasteiger partial charge < -0.3 is 15.7 Å². The summed E-state index contributed by atoms with van der Waals surface area (Å²) >= 11 is 0. The maximum Gasteiger partial charge on any atom is 0.314 e. The Morgan fingerprint density at radius 1 is 1.09 bits per heavy atom. The molecule has 0 fully saturated rings. The Bertz CT molecular complexity index is 681. The number of carboxylic acid groups (broad SMARTS) is 1. The highest BCUT2D eigenvalue weighted by Crippen LogP contribution is 2.14. The van der Waals surface area contributed by atoms with E-state index in [1.165, 1.54) is 0 Å². The molecule has 0 bridgehead atoms. The third-order valence-corrected chi connectivity index (χ3v) is 4.00. The van der Waals surface area contributed by atoms with Gasteiger partial charge in [-0.25, -0.2) is 26.7 Å². The summed E-state index contributed by atoms with van der Waals surface area (Å²) in [7, 11) is -4.17. The number of aliphatic carboxylic acids is 1. The second kappa shape index (κ2) is 8.39. The van der Waals surface area contributed by atoms with Crippen molar-refractivity contribution in [1.29, 1.82) is 0 Å². The van der Waals surface area contributed by atoms with E-state index in [9.17, 15) is 26.8 Å². The van der Waals surface area contributed by atoms with Crippen molar-refractivity contribution < 1.29 is 31.9 Å². The molecule has 1 aromatic carbocycles. The normalized spacial score (nSPS) is 11.0. The molecule has 0 aliphatic heterocycles. The highest BCUT2D eigenvalue weighted by Gasteiger charge is 2.18. The van der Waals surface area contributed by atoms with Crippen LogP contribution >= 0.6 is 0 Å². The quantitative estimate of drug-likeness (QED) is 0.491. The molecule has 0 atom stereocenters. The molecule has 23 heavy (non-hydrogen) atoms. The van der Waals surface area contributed by atoms with Gasteiger partial charge in [-0.3, -0.25) is 4.79 Å². The predicted molar refractivity (Wildman–Crippen MR) is 75.2 cm³/mol. The van der Waals surface area contributed by atoms with Gasteiger partial charge in [0.05, 0.1) is 6.42 Å². The number of sulfonamides is 1. The first kappa shape index (κ1) is 18.8. The molecule has 0 spiro atoms. The molecular weight excluding hydrogens is 336 g/mol. The summed E-state index contributed by atoms with van der Waals surface area (Å²) in [5.74, 6) is -3.20. The fourth-order valence-electron chi connectivity index (χ4n) is 1.48. The first-order chi connectivity index (χ1) is 10.7. The summed E-state index contributed by atoms with van der Waals surface area (Å²) in [4.78, 5) is 20.7. The van der Waals surface area contributed by atoms with Crippen molar-refractivity contribution in [3.8, 4) is 0 Å². The average Bonchev–Trinajstić information content (AvgIpc) is 2.42. The highest BCUT2D eigenvalue weighted by molar-refractivity contribution is 7.89. The molecule has 1 aromatic rings. The molecule has 0 radical (unpaired) electrons. The molecule has 0 saturated carbocycles. The molecule has 4 N–H and O–H groups in total. The molecular formula is C12H15F2N3O5S. The van der Waals surface area contributed by atoms with Crippen molar-refractivity contribution in [1.82, 2.24) is 15.4 Å². The Morgan fingerprint density at radius 2 is 1.74 bits per heavy atom. The number of amides is 2. The van der Waals surface area contributed by atoms with Gasteiger partial charge in [0.1, 0.15) is 16.5 Å². The molecule has 11 heteroatoms. The van der Waals surface area contributed by atoms with Crippen molar-refractivity contribution in [2.75, 3.05) is 19.6 Å². The van der Waals surface area contributed by atoms with Gasteiger partial charge in [0, 0.05) is 25.7 Å². The number of rotatable bonds is 8. The largest absolute Gasteiger partial charge is 0.481 e. The summed E-state index contributed by atoms with van der Waals surface area (Å²) in [6, 6.07) is 1.38. The summed E-state index contributed by atoms with van der Waals surface area (Å²) < 4.78 is 51.8. The second-order valence-electron chi connectivity index (χ2n) is 4.30. The molecule has 128 valence electrons. The maximum atomic E-state index is 13.4. The van der Waals surface area contributed by atoms with Crippen LogP contribution in [0.15, 0.2) is 23.1 Å². The fraction of sp³-hybridized carbons (Fsp3) is 0.333. The minimum Gasteiger partial charge on any atom is -0.481 e. The van der Waals surface area contributed by atoms with E-state index in [-0.39, 0.29) is 26.1 Å². The van der Waals surface area contributed by atoms with Gasteiger partial charge in [0.25, 0.3) is 0 Å². The van der Waals surface area contributed by atoms with E-state index in [0.717, 1.165) is 12.1 Å². The van der Waals surface area contributed by atoms with Crippen LogP contribution in [0.5, 0.6) is 0 Å². The van der Waals surface area contributed by atoms with Gasteiger partial charge >= 0.3 is 12.0 Å². The Labute approximate surface area is 130 Å². The number of carbonyl (C=O) groups is 2. The molecule has 0 aromatic heterocycles. The number of hydrogen-bond donors (Lipinski definition) is 4. The van der Waals surface area contributed by atoms with Crippen molar-refractivity contribution in [3.05, 3.63) is 29.8 Å². The minimum absolute atomic E-state index is 0.0757. The summed E-state index contributed by atoms with van der Waals surface area (Å²) in [5.41, 5.74) is 0. The van der Waals surface area contributed by atoms with Gasteiger partial charge in [0.15, 0.2) is 0 Å². The van der Waals surface area contributed by atoms with E-state index < -0.39 is 38.6 Å². The van der Waals surface area contributed by atoms with E-state index in [0.29, 0.717) is 6.07 Å². The number of benzene rings is 1. The smallest absolute Gasteiger partial charge is 0.314 e. The van der Waals surface area contributed by atoms with Crippen molar-refractivity contribution in [2.24, 2.45) is 0 Å². The zero-order chi connectivity index (χ0) is 17.5. The third-order valence-electron chi connectivity index (χ3n) is 2.51. The van der Waals surface area contributed by atoms with Crippen LogP contribution in [0.1, 0.15) is 6.42 Å². The molecule has 0 unspecified atom stereocenters. The molecule has 0 heterocycles. The van der Waals surface area contributed by atoms with E-state index in [1.54, 1.807) is 0 Å². The number of halogens is 2. The Kier molecular flexibility index (Phi) is 6.85. The minimum atomic E-state index is -4.17. The van der Waals surface area contributed by atoms with Crippen LogP contribution in [0.25, 0.3) is 0 Å². The molecule has 8 nitrogen and oxygen atoms in total. The summed E-state index contributed by atoms with van der Waals surface area (Å²) in [5, 5.41) is 12.9. The first-order valence-electron chi connectivity index (χ1n) is 6.40. The highest BCUT2D eigenvalue weighted by atomic mass is 32.2. The molecule has 0 aliphatic carbocycles. The van der Waals surface area contributed by atoms with Crippen LogP contribution in [-0.4, -0.2) is 45.2 Å². The van der Waals surface area contributed by atoms with Gasteiger partial charge in [-0.05, 0) is 12.1 Å². The van der Waals surface area contributed by atoms with Crippen LogP contribution < -0.4 is 15.4 Å². The van der Waals surface area contributed by atoms with Crippen molar-refractivity contribution >= 4 is 22.0 Å². The lowest BCUT2D eigenvalue weighted by Crippen LogP contribution is -2.41. The standard InChI is InChI=1S/C12H15F2N3O5S/c13-8-1-2-10(9(14)7-8)23(21,22)17-6-5-16-12(20)15-4-3-11(18)19/h1-2,7,17H,3-6H2,(H,18,19)(H2,15,16,20). The van der Waals surface area contributed by atoms with E-state index in [4.69, 9.17) is 5.11 Å². The molecule has 2 amide bonds. The number of urea groups is 1. The van der Waals surface area contributed by atoms with E-state index in [2.05, 4.69) is 10.6 Å². The molecule has 0 aliphatic rings. The number of hydrogen-bond acceptors (Lipinski definition) is 4. The molecule has 0 saturated heterocycles. The Balaban J connectivity index is 2.40. The lowest BCUT2D eigenvalue weighted by atomic mass is 10.3. The number of carboxylic acids is 1. The topological polar surface area (TPSA) is 125 Å². The lowest BCUT2D eigenvalue weighted by Gasteiger charge is -2.09. The Morgan fingerprint density at radius 3 is 2.35 bits per heavy atom. The first-order valence-corrected chi connectivity index (χ1v) is 7.89. The van der Waals surface area contributed by atoms with Crippen molar-refractivity contribution in [3.63, 3.8) is 0 Å².